The molecule has 1 heterocycles. The highest BCUT2D eigenvalue weighted by atomic mass is 19.1. The first-order chi connectivity index (χ1) is 9.18. The molecule has 0 saturated carbocycles. The van der Waals surface area contributed by atoms with E-state index in [0.717, 1.165) is 10.1 Å². The molecule has 0 aliphatic carbocycles. The van der Waals surface area contributed by atoms with Gasteiger partial charge in [-0.3, -0.25) is 4.79 Å². The predicted molar refractivity (Wildman–Crippen MR) is 73.8 cm³/mol. The van der Waals surface area contributed by atoms with E-state index in [1.165, 1.54) is 6.07 Å². The lowest BCUT2D eigenvalue weighted by Gasteiger charge is -2.09. The molecule has 0 amide bonds. The fourth-order valence-corrected chi connectivity index (χ4v) is 2.16. The van der Waals surface area contributed by atoms with E-state index in [-0.39, 0.29) is 11.1 Å². The normalized spacial score (nSPS) is 10.8. The molecule has 3 nitrogen and oxygen atoms in total. The molecule has 0 fully saturated rings. The van der Waals surface area contributed by atoms with Gasteiger partial charge in [-0.25, -0.2) is 9.07 Å². The summed E-state index contributed by atoms with van der Waals surface area (Å²) >= 11 is 0. The van der Waals surface area contributed by atoms with Crippen LogP contribution in [0.15, 0.2) is 59.4 Å². The minimum Gasteiger partial charge on any atom is -0.336 e. The molecule has 0 radical (unpaired) electrons. The van der Waals surface area contributed by atoms with E-state index in [1.54, 1.807) is 36.4 Å². The standard InChI is InChI=1S/C15H11FN2O/c16-13-7-3-2-6-11(13)12-9-10-5-1-4-8-14(10)18(17)15(12)19/h1-9H,17H2. The first kappa shape index (κ1) is 11.5. The van der Waals surface area contributed by atoms with Gasteiger partial charge in [0.2, 0.25) is 0 Å². The SMILES string of the molecule is Nn1c(=O)c(-c2ccccc2F)cc2ccccc21. The van der Waals surface area contributed by atoms with Gasteiger partial charge in [0.15, 0.2) is 0 Å². The first-order valence-corrected chi connectivity index (χ1v) is 5.83. The van der Waals surface area contributed by atoms with E-state index in [4.69, 9.17) is 5.84 Å². The van der Waals surface area contributed by atoms with Crippen molar-refractivity contribution in [2.24, 2.45) is 0 Å². The summed E-state index contributed by atoms with van der Waals surface area (Å²) in [5.74, 6) is 5.35. The summed E-state index contributed by atoms with van der Waals surface area (Å²) in [7, 11) is 0. The largest absolute Gasteiger partial charge is 0.336 e. The van der Waals surface area contributed by atoms with Gasteiger partial charge < -0.3 is 5.84 Å². The molecule has 0 unspecified atom stereocenters. The number of pyridine rings is 1. The molecule has 0 aliphatic rings. The number of aromatic nitrogens is 1. The monoisotopic (exact) mass is 254 g/mol. The second kappa shape index (κ2) is 4.24. The maximum Gasteiger partial charge on any atom is 0.277 e. The van der Waals surface area contributed by atoms with Crippen molar-refractivity contribution in [3.05, 3.63) is 70.8 Å². The number of nitrogens with two attached hydrogens (primary N) is 1. The van der Waals surface area contributed by atoms with E-state index in [1.807, 2.05) is 12.1 Å². The predicted octanol–water partition coefficient (Wildman–Crippen LogP) is 2.52. The van der Waals surface area contributed by atoms with Crippen molar-refractivity contribution in [3.63, 3.8) is 0 Å². The van der Waals surface area contributed by atoms with Crippen LogP contribution in [-0.2, 0) is 0 Å². The number of rotatable bonds is 1. The van der Waals surface area contributed by atoms with Gasteiger partial charge in [0.05, 0.1) is 11.1 Å². The van der Waals surface area contributed by atoms with Crippen molar-refractivity contribution < 1.29 is 4.39 Å². The van der Waals surface area contributed by atoms with E-state index >= 15 is 0 Å². The van der Waals surface area contributed by atoms with Gasteiger partial charge in [-0.05, 0) is 18.2 Å². The molecule has 0 saturated heterocycles. The van der Waals surface area contributed by atoms with Gasteiger partial charge >= 0.3 is 0 Å². The Kier molecular flexibility index (Phi) is 2.56. The summed E-state index contributed by atoms with van der Waals surface area (Å²) < 4.78 is 14.9. The maximum atomic E-state index is 13.8. The van der Waals surface area contributed by atoms with E-state index in [2.05, 4.69) is 0 Å². The van der Waals surface area contributed by atoms with Gasteiger partial charge in [0.25, 0.3) is 5.56 Å². The average Bonchev–Trinajstić information content (AvgIpc) is 2.44. The molecule has 0 atom stereocenters. The smallest absolute Gasteiger partial charge is 0.277 e. The van der Waals surface area contributed by atoms with Gasteiger partial charge in [-0.2, -0.15) is 0 Å². The zero-order chi connectivity index (χ0) is 13.4. The fourth-order valence-electron chi connectivity index (χ4n) is 2.16. The second-order valence-corrected chi connectivity index (χ2v) is 4.27. The van der Waals surface area contributed by atoms with Crippen LogP contribution in [-0.4, -0.2) is 4.68 Å². The number of nitrogens with zero attached hydrogens (tertiary/aromatic N) is 1. The molecule has 0 aliphatic heterocycles. The highest BCUT2D eigenvalue weighted by molar-refractivity contribution is 5.84. The van der Waals surface area contributed by atoms with E-state index in [9.17, 15) is 9.18 Å². The number of benzene rings is 2. The molecule has 3 aromatic rings. The van der Waals surface area contributed by atoms with Crippen LogP contribution in [0, 0.1) is 5.82 Å². The Bertz CT molecular complexity index is 824. The van der Waals surface area contributed by atoms with E-state index < -0.39 is 11.4 Å². The Morgan fingerprint density at radius 2 is 1.63 bits per heavy atom. The lowest BCUT2D eigenvalue weighted by Crippen LogP contribution is -2.28. The van der Waals surface area contributed by atoms with Crippen molar-refractivity contribution >= 4 is 10.9 Å². The van der Waals surface area contributed by atoms with Crippen LogP contribution in [0.2, 0.25) is 0 Å². The summed E-state index contributed by atoms with van der Waals surface area (Å²) in [6, 6.07) is 15.1. The number of nitrogen functional groups attached to an aromatic ring is 1. The molecular formula is C15H11FN2O. The second-order valence-electron chi connectivity index (χ2n) is 4.27. The summed E-state index contributed by atoms with van der Waals surface area (Å²) in [4.78, 5) is 12.2. The molecule has 2 aromatic carbocycles. The van der Waals surface area contributed by atoms with Crippen molar-refractivity contribution in [1.29, 1.82) is 0 Å². The third-order valence-corrected chi connectivity index (χ3v) is 3.11. The highest BCUT2D eigenvalue weighted by Gasteiger charge is 2.12. The minimum absolute atomic E-state index is 0.262. The average molecular weight is 254 g/mol. The lowest BCUT2D eigenvalue weighted by molar-refractivity contribution is 0.631. The van der Waals surface area contributed by atoms with Crippen LogP contribution in [0.1, 0.15) is 0 Å². The summed E-state index contributed by atoms with van der Waals surface area (Å²) in [6.45, 7) is 0. The highest BCUT2D eigenvalue weighted by Crippen LogP contribution is 2.22. The van der Waals surface area contributed by atoms with Crippen LogP contribution in [0.25, 0.3) is 22.0 Å². The number of hydrogen-bond acceptors (Lipinski definition) is 2. The van der Waals surface area contributed by atoms with Crippen LogP contribution in [0.3, 0.4) is 0 Å². The number of halogens is 1. The molecule has 19 heavy (non-hydrogen) atoms. The van der Waals surface area contributed by atoms with E-state index in [0.29, 0.717) is 5.52 Å². The molecular weight excluding hydrogens is 243 g/mol. The van der Waals surface area contributed by atoms with Crippen molar-refractivity contribution in [1.82, 2.24) is 4.68 Å². The lowest BCUT2D eigenvalue weighted by atomic mass is 10.0. The molecule has 94 valence electrons. The molecule has 4 heteroatoms. The molecule has 0 spiro atoms. The van der Waals surface area contributed by atoms with Crippen molar-refractivity contribution in [3.8, 4) is 11.1 Å². The number of para-hydroxylation sites is 1. The molecule has 0 bridgehead atoms. The zero-order valence-corrected chi connectivity index (χ0v) is 10.0. The van der Waals surface area contributed by atoms with Crippen LogP contribution < -0.4 is 11.4 Å². The first-order valence-electron chi connectivity index (χ1n) is 5.83. The topological polar surface area (TPSA) is 48.0 Å². The molecule has 1 aromatic heterocycles. The Morgan fingerprint density at radius 3 is 2.42 bits per heavy atom. The van der Waals surface area contributed by atoms with Crippen molar-refractivity contribution in [2.75, 3.05) is 5.84 Å². The fraction of sp³-hybridized carbons (Fsp3) is 0. The number of hydrogen-bond donors (Lipinski definition) is 1. The van der Waals surface area contributed by atoms with Crippen LogP contribution >= 0.6 is 0 Å². The van der Waals surface area contributed by atoms with Crippen molar-refractivity contribution in [2.45, 2.75) is 0 Å². The Morgan fingerprint density at radius 1 is 0.947 bits per heavy atom. The van der Waals surface area contributed by atoms with Gasteiger partial charge in [0, 0.05) is 10.9 Å². The zero-order valence-electron chi connectivity index (χ0n) is 10.0. The van der Waals surface area contributed by atoms with Gasteiger partial charge in [-0.15, -0.1) is 0 Å². The molecule has 2 N–H and O–H groups in total. The molecule has 3 rings (SSSR count). The minimum atomic E-state index is -0.435. The van der Waals surface area contributed by atoms with Gasteiger partial charge in [-0.1, -0.05) is 36.4 Å². The third-order valence-electron chi connectivity index (χ3n) is 3.11. The maximum absolute atomic E-state index is 13.8. The Balaban J connectivity index is 2.40. The third kappa shape index (κ3) is 1.78. The van der Waals surface area contributed by atoms with Gasteiger partial charge in [0.1, 0.15) is 5.82 Å². The summed E-state index contributed by atoms with van der Waals surface area (Å²) in [5.41, 5.74) is 0.730. The summed E-state index contributed by atoms with van der Waals surface area (Å²) in [5, 5.41) is 0.794. The quantitative estimate of drug-likeness (QED) is 0.678. The Labute approximate surface area is 108 Å². The van der Waals surface area contributed by atoms with Crippen LogP contribution in [0.5, 0.6) is 0 Å². The summed E-state index contributed by atoms with van der Waals surface area (Å²) in [6.07, 6.45) is 0. The van der Waals surface area contributed by atoms with Crippen LogP contribution in [0.4, 0.5) is 4.39 Å². The number of fused-ring (bicyclic) bond motifs is 1. The Hall–Kier alpha value is -2.62.